The summed E-state index contributed by atoms with van der Waals surface area (Å²) in [7, 11) is 0. The number of carboxylic acid groups (broad SMARTS) is 1. The maximum absolute atomic E-state index is 11.0. The first-order chi connectivity index (χ1) is 14.6. The zero-order valence-corrected chi connectivity index (χ0v) is 18.6. The molecule has 12 heteroatoms. The molecule has 0 fully saturated rings. The fourth-order valence-corrected chi connectivity index (χ4v) is 3.55. The maximum Gasteiger partial charge on any atom is 0.404 e. The highest BCUT2D eigenvalue weighted by molar-refractivity contribution is 6.33. The molecule has 0 aliphatic carbocycles. The second-order valence-corrected chi connectivity index (χ2v) is 8.51. The van der Waals surface area contributed by atoms with Crippen molar-refractivity contribution >= 4 is 34.5 Å². The number of aromatic nitrogens is 5. The summed E-state index contributed by atoms with van der Waals surface area (Å²) in [6.07, 6.45) is 0.228. The Bertz CT molecular complexity index is 1070. The molecule has 0 aliphatic heterocycles. The lowest BCUT2D eigenvalue weighted by Crippen LogP contribution is -2.43. The molecular formula is C19H26ClN7O4. The molecule has 1 atom stereocenters. The summed E-state index contributed by atoms with van der Waals surface area (Å²) >= 11 is 6.35. The van der Waals surface area contributed by atoms with E-state index >= 15 is 0 Å². The first-order valence-electron chi connectivity index (χ1n) is 9.89. The molecule has 3 aromatic rings. The lowest BCUT2D eigenvalue weighted by atomic mass is 9.84. The second kappa shape index (κ2) is 8.96. The number of imidazole rings is 1. The Balaban J connectivity index is 1.76. The van der Waals surface area contributed by atoms with E-state index in [0.717, 1.165) is 5.52 Å². The number of hydrogen-bond acceptors (Lipinski definition) is 8. The van der Waals surface area contributed by atoms with E-state index in [1.165, 1.54) is 0 Å². The molecule has 168 valence electrons. The van der Waals surface area contributed by atoms with E-state index in [2.05, 4.69) is 30.2 Å². The smallest absolute Gasteiger partial charge is 0.404 e. The van der Waals surface area contributed by atoms with Crippen molar-refractivity contribution in [3.8, 4) is 17.4 Å². The number of amides is 1. The van der Waals surface area contributed by atoms with Crippen LogP contribution in [0.4, 0.5) is 10.6 Å². The highest BCUT2D eigenvalue weighted by Crippen LogP contribution is 2.31. The van der Waals surface area contributed by atoms with Gasteiger partial charge in [0.15, 0.2) is 22.5 Å². The summed E-state index contributed by atoms with van der Waals surface area (Å²) in [5.74, 6) is 0.960. The van der Waals surface area contributed by atoms with E-state index in [9.17, 15) is 4.79 Å². The van der Waals surface area contributed by atoms with Crippen molar-refractivity contribution in [3.05, 3.63) is 11.2 Å². The number of aryl methyl sites for hydroxylation is 1. The van der Waals surface area contributed by atoms with Crippen molar-refractivity contribution in [1.82, 2.24) is 30.2 Å². The van der Waals surface area contributed by atoms with Gasteiger partial charge in [-0.25, -0.2) is 14.4 Å². The van der Waals surface area contributed by atoms with Gasteiger partial charge in [0.25, 0.3) is 0 Å². The van der Waals surface area contributed by atoms with E-state index in [0.29, 0.717) is 48.9 Å². The molecule has 0 aromatic carbocycles. The zero-order chi connectivity index (χ0) is 22.8. The number of anilines is 1. The number of halogens is 1. The van der Waals surface area contributed by atoms with Gasteiger partial charge in [-0.1, -0.05) is 32.4 Å². The van der Waals surface area contributed by atoms with Gasteiger partial charge in [0.1, 0.15) is 5.52 Å². The molecule has 3 aromatic heterocycles. The fourth-order valence-electron chi connectivity index (χ4n) is 3.32. The predicted molar refractivity (Wildman–Crippen MR) is 115 cm³/mol. The normalized spacial score (nSPS) is 12.8. The van der Waals surface area contributed by atoms with Gasteiger partial charge in [-0.15, -0.1) is 0 Å². The van der Waals surface area contributed by atoms with Crippen LogP contribution in [0, 0.1) is 5.41 Å². The molecule has 0 bridgehead atoms. The Morgan fingerprint density at radius 2 is 2.13 bits per heavy atom. The van der Waals surface area contributed by atoms with Crippen LogP contribution in [0.2, 0.25) is 5.15 Å². The van der Waals surface area contributed by atoms with Crippen molar-refractivity contribution in [2.75, 3.05) is 12.3 Å². The summed E-state index contributed by atoms with van der Waals surface area (Å²) in [6.45, 7) is 8.85. The number of nitrogen functional groups attached to an aromatic ring is 1. The van der Waals surface area contributed by atoms with Crippen LogP contribution in [0.5, 0.6) is 5.88 Å². The predicted octanol–water partition coefficient (Wildman–Crippen LogP) is 3.58. The Morgan fingerprint density at radius 1 is 1.39 bits per heavy atom. The van der Waals surface area contributed by atoms with E-state index in [1.807, 2.05) is 32.3 Å². The van der Waals surface area contributed by atoms with Crippen LogP contribution in [-0.2, 0) is 6.54 Å². The number of nitrogens with one attached hydrogen (secondary N) is 1. The number of carbonyl (C=O) groups is 1. The molecule has 1 amide bonds. The molecule has 1 unspecified atom stereocenters. The van der Waals surface area contributed by atoms with Crippen LogP contribution in [0.3, 0.4) is 0 Å². The Kier molecular flexibility index (Phi) is 6.54. The fraction of sp³-hybridized carbons (Fsp3) is 0.526. The molecule has 3 rings (SSSR count). The first-order valence-corrected chi connectivity index (χ1v) is 10.3. The molecule has 0 spiro atoms. The quantitative estimate of drug-likeness (QED) is 0.344. The Labute approximate surface area is 183 Å². The van der Waals surface area contributed by atoms with Gasteiger partial charge in [0.05, 0.1) is 12.1 Å². The Morgan fingerprint density at radius 3 is 2.71 bits per heavy atom. The third kappa shape index (κ3) is 4.98. The number of ether oxygens (including phenoxy) is 1. The number of hydrogen-bond donors (Lipinski definition) is 3. The van der Waals surface area contributed by atoms with Gasteiger partial charge < -0.3 is 25.5 Å². The topological polar surface area (TPSA) is 154 Å². The van der Waals surface area contributed by atoms with E-state index in [4.69, 9.17) is 27.2 Å². The van der Waals surface area contributed by atoms with E-state index in [1.54, 1.807) is 6.07 Å². The SMILES string of the molecule is CCn1c(-c2nonc2N)nc2c(Cl)nc(OCCCC(NC(=O)O)C(C)(C)C)cc21. The highest BCUT2D eigenvalue weighted by atomic mass is 35.5. The lowest BCUT2D eigenvalue weighted by Gasteiger charge is -2.30. The van der Waals surface area contributed by atoms with E-state index in [-0.39, 0.29) is 22.4 Å². The average molecular weight is 452 g/mol. The molecule has 0 radical (unpaired) electrons. The average Bonchev–Trinajstić information content (AvgIpc) is 3.26. The number of fused-ring (bicyclic) bond motifs is 1. The zero-order valence-electron chi connectivity index (χ0n) is 17.8. The summed E-state index contributed by atoms with van der Waals surface area (Å²) < 4.78 is 12.4. The molecular weight excluding hydrogens is 426 g/mol. The molecule has 11 nitrogen and oxygen atoms in total. The number of rotatable bonds is 8. The highest BCUT2D eigenvalue weighted by Gasteiger charge is 2.26. The third-order valence-corrected chi connectivity index (χ3v) is 5.21. The minimum Gasteiger partial charge on any atom is -0.478 e. The van der Waals surface area contributed by atoms with Crippen molar-refractivity contribution < 1.29 is 19.3 Å². The maximum atomic E-state index is 11.0. The van der Waals surface area contributed by atoms with Crippen LogP contribution in [-0.4, -0.2) is 48.7 Å². The van der Waals surface area contributed by atoms with Gasteiger partial charge in [-0.05, 0) is 35.5 Å². The van der Waals surface area contributed by atoms with Crippen molar-refractivity contribution in [2.24, 2.45) is 5.41 Å². The van der Waals surface area contributed by atoms with Crippen LogP contribution >= 0.6 is 11.6 Å². The molecule has 4 N–H and O–H groups in total. The third-order valence-electron chi connectivity index (χ3n) is 4.94. The minimum atomic E-state index is -1.04. The Hall–Kier alpha value is -3.08. The summed E-state index contributed by atoms with van der Waals surface area (Å²) in [5, 5.41) is 19.2. The first kappa shape index (κ1) is 22.6. The molecule has 0 aliphatic rings. The van der Waals surface area contributed by atoms with Gasteiger partial charge >= 0.3 is 6.09 Å². The van der Waals surface area contributed by atoms with E-state index < -0.39 is 6.09 Å². The standard InChI is InChI=1S/C19H26ClN7O4/c1-5-27-10-9-12(30-8-6-7-11(19(2,3)4)22-18(28)29)23-15(20)13(10)24-17(27)14-16(21)26-31-25-14/h9,11,22H,5-8H2,1-4H3,(H2,21,26)(H,28,29). The van der Waals surface area contributed by atoms with Crippen molar-refractivity contribution in [2.45, 2.75) is 53.1 Å². The number of nitrogens with two attached hydrogens (primary N) is 1. The van der Waals surface area contributed by atoms with Gasteiger partial charge in [0.2, 0.25) is 5.88 Å². The number of nitrogens with zero attached hydrogens (tertiary/aromatic N) is 5. The van der Waals surface area contributed by atoms with Crippen molar-refractivity contribution in [3.63, 3.8) is 0 Å². The summed E-state index contributed by atoms with van der Waals surface area (Å²) in [4.78, 5) is 19.8. The van der Waals surface area contributed by atoms with Crippen LogP contribution in [0.15, 0.2) is 10.7 Å². The minimum absolute atomic E-state index is 0.133. The van der Waals surface area contributed by atoms with Crippen LogP contribution < -0.4 is 15.8 Å². The molecule has 31 heavy (non-hydrogen) atoms. The molecule has 3 heterocycles. The monoisotopic (exact) mass is 451 g/mol. The van der Waals surface area contributed by atoms with Gasteiger partial charge in [-0.3, -0.25) is 0 Å². The molecule has 0 saturated heterocycles. The van der Waals surface area contributed by atoms with Crippen LogP contribution in [0.25, 0.3) is 22.6 Å². The molecule has 0 saturated carbocycles. The summed E-state index contributed by atoms with van der Waals surface area (Å²) in [5.41, 5.74) is 7.15. The van der Waals surface area contributed by atoms with Crippen molar-refractivity contribution in [1.29, 1.82) is 0 Å². The number of pyridine rings is 1. The van der Waals surface area contributed by atoms with Gasteiger partial charge in [-0.2, -0.15) is 4.98 Å². The van der Waals surface area contributed by atoms with Gasteiger partial charge in [0, 0.05) is 18.7 Å². The lowest BCUT2D eigenvalue weighted by molar-refractivity contribution is 0.168. The summed E-state index contributed by atoms with van der Waals surface area (Å²) in [6, 6.07) is 1.56. The largest absolute Gasteiger partial charge is 0.478 e. The van der Waals surface area contributed by atoms with Crippen LogP contribution in [0.1, 0.15) is 40.5 Å². The second-order valence-electron chi connectivity index (χ2n) is 8.16.